The molecule has 1 heterocycles. The van der Waals surface area contributed by atoms with Crippen molar-refractivity contribution in [3.05, 3.63) is 0 Å². The lowest BCUT2D eigenvalue weighted by Gasteiger charge is -2.42. The summed E-state index contributed by atoms with van der Waals surface area (Å²) in [5.41, 5.74) is 4.65. The molecule has 0 bridgehead atoms. The topological polar surface area (TPSA) is 78.9 Å². The van der Waals surface area contributed by atoms with Crippen molar-refractivity contribution in [2.24, 2.45) is 16.3 Å². The first-order valence-electron chi connectivity index (χ1n) is 6.13. The van der Waals surface area contributed by atoms with Gasteiger partial charge in [-0.2, -0.15) is 0 Å². The molecule has 0 radical (unpaired) electrons. The number of nitrogens with two attached hydrogens (primary N) is 1. The monoisotopic (exact) mass is 241 g/mol. The maximum atomic E-state index is 12.5. The maximum absolute atomic E-state index is 12.5. The fourth-order valence-corrected chi connectivity index (χ4v) is 2.38. The molecule has 2 unspecified atom stereocenters. The molecule has 0 aromatic rings. The molecular weight excluding hydrogens is 218 g/mol. The summed E-state index contributed by atoms with van der Waals surface area (Å²) in [4.78, 5) is 14.4. The average molecular weight is 241 g/mol. The summed E-state index contributed by atoms with van der Waals surface area (Å²) in [5.74, 6) is -0.0972. The van der Waals surface area contributed by atoms with E-state index in [4.69, 9.17) is 10.9 Å². The van der Waals surface area contributed by atoms with Crippen LogP contribution in [-0.2, 0) is 4.79 Å². The van der Waals surface area contributed by atoms with E-state index in [-0.39, 0.29) is 23.8 Å². The van der Waals surface area contributed by atoms with Gasteiger partial charge in [0.05, 0.1) is 0 Å². The van der Waals surface area contributed by atoms with Crippen molar-refractivity contribution in [2.75, 3.05) is 0 Å². The van der Waals surface area contributed by atoms with Crippen molar-refractivity contribution in [3.8, 4) is 0 Å². The molecule has 1 fully saturated rings. The lowest BCUT2D eigenvalue weighted by atomic mass is 9.86. The van der Waals surface area contributed by atoms with Gasteiger partial charge in [-0.1, -0.05) is 5.16 Å². The van der Waals surface area contributed by atoms with Crippen LogP contribution in [0.3, 0.4) is 0 Å². The summed E-state index contributed by atoms with van der Waals surface area (Å²) in [6, 6.07) is 0.439. The van der Waals surface area contributed by atoms with Crippen LogP contribution in [0, 0.1) is 5.41 Å². The number of likely N-dealkylation sites (tertiary alicyclic amines) is 1. The molecule has 98 valence electrons. The molecule has 0 aliphatic carbocycles. The van der Waals surface area contributed by atoms with Crippen LogP contribution >= 0.6 is 0 Å². The van der Waals surface area contributed by atoms with E-state index in [0.29, 0.717) is 0 Å². The normalized spacial score (nSPS) is 27.1. The Morgan fingerprint density at radius 2 is 1.82 bits per heavy atom. The first-order valence-corrected chi connectivity index (χ1v) is 6.13. The zero-order valence-electron chi connectivity index (χ0n) is 11.1. The molecule has 2 atom stereocenters. The minimum absolute atomic E-state index is 0.0347. The van der Waals surface area contributed by atoms with Crippen LogP contribution in [0.15, 0.2) is 5.16 Å². The molecule has 0 saturated carbocycles. The highest BCUT2D eigenvalue weighted by Crippen LogP contribution is 2.28. The quantitative estimate of drug-likeness (QED) is 0.333. The molecule has 5 heteroatoms. The van der Waals surface area contributed by atoms with Gasteiger partial charge < -0.3 is 15.8 Å². The Hall–Kier alpha value is -1.26. The number of piperidine rings is 1. The van der Waals surface area contributed by atoms with Crippen LogP contribution in [0.2, 0.25) is 0 Å². The molecule has 17 heavy (non-hydrogen) atoms. The molecular formula is C12H23N3O2. The Kier molecular flexibility index (Phi) is 4.01. The Morgan fingerprint density at radius 1 is 1.35 bits per heavy atom. The minimum Gasteiger partial charge on any atom is -0.409 e. The summed E-state index contributed by atoms with van der Waals surface area (Å²) >= 11 is 0. The zero-order valence-corrected chi connectivity index (χ0v) is 11.1. The summed E-state index contributed by atoms with van der Waals surface area (Å²) in [6.07, 6.45) is 3.18. The lowest BCUT2D eigenvalue weighted by Crippen LogP contribution is -2.55. The standard InChI is InChI=1S/C12H23N3O2/c1-8-6-5-7-9(2)15(8)11(16)12(3,4)10(13)14-17/h8-9,17H,5-7H2,1-4H3,(H2,13,14). The average Bonchev–Trinajstić information content (AvgIpc) is 2.27. The number of nitrogens with zero attached hydrogens (tertiary/aromatic N) is 2. The maximum Gasteiger partial charge on any atom is 0.236 e. The van der Waals surface area contributed by atoms with Crippen LogP contribution in [0.5, 0.6) is 0 Å². The highest BCUT2D eigenvalue weighted by Gasteiger charge is 2.40. The van der Waals surface area contributed by atoms with Crippen molar-refractivity contribution in [1.82, 2.24) is 4.90 Å². The van der Waals surface area contributed by atoms with E-state index in [0.717, 1.165) is 19.3 Å². The van der Waals surface area contributed by atoms with E-state index in [1.807, 2.05) is 4.90 Å². The Bertz CT molecular complexity index is 316. The third-order valence-electron chi connectivity index (χ3n) is 3.71. The van der Waals surface area contributed by atoms with E-state index in [2.05, 4.69) is 19.0 Å². The van der Waals surface area contributed by atoms with E-state index < -0.39 is 5.41 Å². The molecule has 0 aromatic carbocycles. The van der Waals surface area contributed by atoms with Crippen LogP contribution in [0.4, 0.5) is 0 Å². The van der Waals surface area contributed by atoms with E-state index >= 15 is 0 Å². The second kappa shape index (κ2) is 4.94. The van der Waals surface area contributed by atoms with Gasteiger partial charge >= 0.3 is 0 Å². The number of rotatable bonds is 2. The summed E-state index contributed by atoms with van der Waals surface area (Å²) < 4.78 is 0. The molecule has 1 amide bonds. The summed E-state index contributed by atoms with van der Waals surface area (Å²) in [7, 11) is 0. The second-order valence-electron chi connectivity index (χ2n) is 5.45. The van der Waals surface area contributed by atoms with Crippen molar-refractivity contribution in [3.63, 3.8) is 0 Å². The van der Waals surface area contributed by atoms with Gasteiger partial charge in [0.1, 0.15) is 5.41 Å². The van der Waals surface area contributed by atoms with Crippen molar-refractivity contribution in [2.45, 2.75) is 59.0 Å². The van der Waals surface area contributed by atoms with Gasteiger partial charge in [-0.05, 0) is 47.0 Å². The van der Waals surface area contributed by atoms with Gasteiger partial charge in [0, 0.05) is 12.1 Å². The predicted octanol–water partition coefficient (Wildman–Crippen LogP) is 1.55. The Morgan fingerprint density at radius 3 is 2.24 bits per heavy atom. The number of carbonyl (C=O) groups is 1. The Labute approximate surface area is 103 Å². The first-order chi connectivity index (χ1) is 7.82. The van der Waals surface area contributed by atoms with Gasteiger partial charge in [-0.3, -0.25) is 4.79 Å². The van der Waals surface area contributed by atoms with E-state index in [9.17, 15) is 4.79 Å². The highest BCUT2D eigenvalue weighted by molar-refractivity contribution is 6.06. The van der Waals surface area contributed by atoms with Crippen LogP contribution in [0.25, 0.3) is 0 Å². The molecule has 3 N–H and O–H groups in total. The van der Waals surface area contributed by atoms with Crippen molar-refractivity contribution >= 4 is 11.7 Å². The third-order valence-corrected chi connectivity index (χ3v) is 3.71. The first kappa shape index (κ1) is 13.8. The van der Waals surface area contributed by atoms with Crippen LogP contribution in [0.1, 0.15) is 47.0 Å². The third kappa shape index (κ3) is 2.53. The highest BCUT2D eigenvalue weighted by atomic mass is 16.4. The van der Waals surface area contributed by atoms with Crippen molar-refractivity contribution in [1.29, 1.82) is 0 Å². The van der Waals surface area contributed by atoms with Gasteiger partial charge in [-0.15, -0.1) is 0 Å². The number of hydrogen-bond acceptors (Lipinski definition) is 3. The zero-order chi connectivity index (χ0) is 13.2. The number of amidine groups is 1. The van der Waals surface area contributed by atoms with Crippen LogP contribution < -0.4 is 5.73 Å². The SMILES string of the molecule is CC1CCCC(C)N1C(=O)C(C)(C)C(N)=NO. The second-order valence-corrected chi connectivity index (χ2v) is 5.45. The van der Waals surface area contributed by atoms with Gasteiger partial charge in [0.15, 0.2) is 5.84 Å². The predicted molar refractivity (Wildman–Crippen MR) is 66.8 cm³/mol. The fraction of sp³-hybridized carbons (Fsp3) is 0.833. The molecule has 0 aromatic heterocycles. The molecule has 1 aliphatic heterocycles. The smallest absolute Gasteiger partial charge is 0.236 e. The van der Waals surface area contributed by atoms with Gasteiger partial charge in [-0.25, -0.2) is 0 Å². The van der Waals surface area contributed by atoms with E-state index in [1.165, 1.54) is 0 Å². The van der Waals surface area contributed by atoms with Crippen LogP contribution in [-0.4, -0.2) is 33.9 Å². The minimum atomic E-state index is -0.950. The molecule has 1 rings (SSSR count). The number of amides is 1. The largest absolute Gasteiger partial charge is 0.409 e. The van der Waals surface area contributed by atoms with Crippen molar-refractivity contribution < 1.29 is 10.0 Å². The molecule has 1 aliphatic rings. The molecule has 5 nitrogen and oxygen atoms in total. The fourth-order valence-electron chi connectivity index (χ4n) is 2.38. The summed E-state index contributed by atoms with van der Waals surface area (Å²) in [5, 5.41) is 11.7. The molecule has 0 spiro atoms. The van der Waals surface area contributed by atoms with Gasteiger partial charge in [0.2, 0.25) is 5.91 Å². The number of hydrogen-bond donors (Lipinski definition) is 2. The number of carbonyl (C=O) groups excluding carboxylic acids is 1. The Balaban J connectivity index is 2.95. The number of oxime groups is 1. The molecule has 1 saturated heterocycles. The van der Waals surface area contributed by atoms with Gasteiger partial charge in [0.25, 0.3) is 0 Å². The van der Waals surface area contributed by atoms with E-state index in [1.54, 1.807) is 13.8 Å². The summed E-state index contributed by atoms with van der Waals surface area (Å²) in [6.45, 7) is 7.49. The lowest BCUT2D eigenvalue weighted by molar-refractivity contribution is -0.143.